The van der Waals surface area contributed by atoms with Crippen LogP contribution in [0.1, 0.15) is 25.3 Å². The standard InChI is InChI=1S/C17H30N2O2/c1-4-18-17(15-20,16-9-6-5-7-10-16)11-13-19(2)12-8-14-21-3/h5-7,9-10,18,20H,4,8,11-15H2,1-3H3. The van der Waals surface area contributed by atoms with Gasteiger partial charge in [-0.25, -0.2) is 0 Å². The first-order valence-electron chi connectivity index (χ1n) is 7.77. The maximum absolute atomic E-state index is 9.99. The summed E-state index contributed by atoms with van der Waals surface area (Å²) in [4.78, 5) is 2.30. The zero-order chi connectivity index (χ0) is 15.6. The number of nitrogens with one attached hydrogen (secondary N) is 1. The van der Waals surface area contributed by atoms with Crippen molar-refractivity contribution in [2.24, 2.45) is 0 Å². The molecule has 0 bridgehead atoms. The molecule has 0 saturated carbocycles. The molecule has 2 N–H and O–H groups in total. The molecule has 0 aliphatic rings. The normalized spacial score (nSPS) is 14.3. The Morgan fingerprint density at radius 1 is 1.24 bits per heavy atom. The minimum Gasteiger partial charge on any atom is -0.394 e. The largest absolute Gasteiger partial charge is 0.394 e. The van der Waals surface area contributed by atoms with E-state index in [1.54, 1.807) is 7.11 Å². The highest BCUT2D eigenvalue weighted by atomic mass is 16.5. The van der Waals surface area contributed by atoms with Gasteiger partial charge in [0.1, 0.15) is 0 Å². The number of aliphatic hydroxyl groups excluding tert-OH is 1. The van der Waals surface area contributed by atoms with Crippen LogP contribution in [0.4, 0.5) is 0 Å². The summed E-state index contributed by atoms with van der Waals surface area (Å²) >= 11 is 0. The molecule has 120 valence electrons. The van der Waals surface area contributed by atoms with Gasteiger partial charge < -0.3 is 20.1 Å². The fourth-order valence-electron chi connectivity index (χ4n) is 2.63. The zero-order valence-corrected chi connectivity index (χ0v) is 13.6. The molecule has 4 nitrogen and oxygen atoms in total. The predicted octanol–water partition coefficient (Wildman–Crippen LogP) is 1.84. The Morgan fingerprint density at radius 3 is 2.52 bits per heavy atom. The van der Waals surface area contributed by atoms with Gasteiger partial charge in [0.15, 0.2) is 0 Å². The van der Waals surface area contributed by atoms with Crippen LogP contribution >= 0.6 is 0 Å². The highest BCUT2D eigenvalue weighted by molar-refractivity contribution is 5.24. The van der Waals surface area contributed by atoms with Gasteiger partial charge in [-0.1, -0.05) is 37.3 Å². The van der Waals surface area contributed by atoms with E-state index in [2.05, 4.69) is 36.3 Å². The van der Waals surface area contributed by atoms with Crippen LogP contribution in [0.2, 0.25) is 0 Å². The first-order valence-corrected chi connectivity index (χ1v) is 7.77. The summed E-state index contributed by atoms with van der Waals surface area (Å²) in [5, 5.41) is 13.5. The lowest BCUT2D eigenvalue weighted by Crippen LogP contribution is -2.47. The smallest absolute Gasteiger partial charge is 0.0681 e. The van der Waals surface area contributed by atoms with Crippen LogP contribution in [0.15, 0.2) is 30.3 Å². The Hall–Kier alpha value is -0.940. The van der Waals surface area contributed by atoms with E-state index in [1.807, 2.05) is 18.2 Å². The molecule has 0 saturated heterocycles. The van der Waals surface area contributed by atoms with Crippen molar-refractivity contribution in [2.75, 3.05) is 47.0 Å². The van der Waals surface area contributed by atoms with Crippen LogP contribution in [-0.4, -0.2) is 57.0 Å². The van der Waals surface area contributed by atoms with Crippen LogP contribution in [0.25, 0.3) is 0 Å². The topological polar surface area (TPSA) is 44.7 Å². The maximum Gasteiger partial charge on any atom is 0.0681 e. The summed E-state index contributed by atoms with van der Waals surface area (Å²) in [6.45, 7) is 5.76. The molecule has 0 fully saturated rings. The predicted molar refractivity (Wildman–Crippen MR) is 87.5 cm³/mol. The van der Waals surface area contributed by atoms with Crippen LogP contribution in [0.3, 0.4) is 0 Å². The second-order valence-electron chi connectivity index (χ2n) is 5.54. The number of aliphatic hydroxyl groups is 1. The molecule has 1 atom stereocenters. The van der Waals surface area contributed by atoms with E-state index in [9.17, 15) is 5.11 Å². The number of methoxy groups -OCH3 is 1. The number of ether oxygens (including phenoxy) is 1. The van der Waals surface area contributed by atoms with Crippen molar-refractivity contribution in [1.82, 2.24) is 10.2 Å². The van der Waals surface area contributed by atoms with Gasteiger partial charge in [0, 0.05) is 26.8 Å². The summed E-state index contributed by atoms with van der Waals surface area (Å²) in [5.74, 6) is 0. The fraction of sp³-hybridized carbons (Fsp3) is 0.647. The van der Waals surface area contributed by atoms with Crippen LogP contribution in [0.5, 0.6) is 0 Å². The number of rotatable bonds is 11. The first-order chi connectivity index (χ1) is 10.2. The Morgan fingerprint density at radius 2 is 1.95 bits per heavy atom. The third-order valence-corrected chi connectivity index (χ3v) is 3.92. The highest BCUT2D eigenvalue weighted by Crippen LogP contribution is 2.25. The van der Waals surface area contributed by atoms with E-state index in [-0.39, 0.29) is 12.1 Å². The Balaban J connectivity index is 2.66. The zero-order valence-electron chi connectivity index (χ0n) is 13.6. The second-order valence-corrected chi connectivity index (χ2v) is 5.54. The van der Waals surface area contributed by atoms with Crippen LogP contribution in [0, 0.1) is 0 Å². The van der Waals surface area contributed by atoms with E-state index in [1.165, 1.54) is 0 Å². The van der Waals surface area contributed by atoms with Gasteiger partial charge in [0.2, 0.25) is 0 Å². The molecule has 0 amide bonds. The molecule has 1 aromatic carbocycles. The molecule has 0 aliphatic carbocycles. The lowest BCUT2D eigenvalue weighted by molar-refractivity contribution is 0.133. The van der Waals surface area contributed by atoms with Crippen molar-refractivity contribution in [3.8, 4) is 0 Å². The second kappa shape index (κ2) is 9.90. The van der Waals surface area contributed by atoms with E-state index in [0.717, 1.165) is 44.6 Å². The van der Waals surface area contributed by atoms with Gasteiger partial charge in [0.25, 0.3) is 0 Å². The molecule has 0 radical (unpaired) electrons. The average Bonchev–Trinajstić information content (AvgIpc) is 2.52. The van der Waals surface area contributed by atoms with E-state index in [4.69, 9.17) is 4.74 Å². The minimum absolute atomic E-state index is 0.108. The summed E-state index contributed by atoms with van der Waals surface area (Å²) in [5.41, 5.74) is 0.797. The average molecular weight is 294 g/mol. The van der Waals surface area contributed by atoms with Crippen molar-refractivity contribution < 1.29 is 9.84 Å². The molecule has 0 heterocycles. The third kappa shape index (κ3) is 5.75. The molecule has 0 spiro atoms. The van der Waals surface area contributed by atoms with Crippen molar-refractivity contribution in [1.29, 1.82) is 0 Å². The quantitative estimate of drug-likeness (QED) is 0.611. The Labute approximate surface area is 129 Å². The van der Waals surface area contributed by atoms with Crippen LogP contribution < -0.4 is 5.32 Å². The van der Waals surface area contributed by atoms with E-state index < -0.39 is 0 Å². The van der Waals surface area contributed by atoms with Crippen molar-refractivity contribution in [2.45, 2.75) is 25.3 Å². The van der Waals surface area contributed by atoms with Gasteiger partial charge >= 0.3 is 0 Å². The summed E-state index contributed by atoms with van der Waals surface area (Å²) in [6, 6.07) is 10.2. The number of likely N-dealkylation sites (N-methyl/N-ethyl adjacent to an activating group) is 1. The molecular formula is C17H30N2O2. The Kier molecular flexibility index (Phi) is 8.54. The van der Waals surface area contributed by atoms with Gasteiger partial charge in [-0.15, -0.1) is 0 Å². The molecule has 1 rings (SSSR count). The maximum atomic E-state index is 9.99. The SMILES string of the molecule is CCNC(CO)(CCN(C)CCCOC)c1ccccc1. The van der Waals surface area contributed by atoms with Crippen LogP contribution in [-0.2, 0) is 10.3 Å². The molecular weight excluding hydrogens is 264 g/mol. The van der Waals surface area contributed by atoms with E-state index in [0.29, 0.717) is 0 Å². The summed E-state index contributed by atoms with van der Waals surface area (Å²) < 4.78 is 5.09. The molecule has 0 aromatic heterocycles. The number of nitrogens with zero attached hydrogens (tertiary/aromatic N) is 1. The molecule has 1 aromatic rings. The highest BCUT2D eigenvalue weighted by Gasteiger charge is 2.30. The summed E-state index contributed by atoms with van der Waals surface area (Å²) in [6.07, 6.45) is 1.91. The lowest BCUT2D eigenvalue weighted by Gasteiger charge is -2.35. The Bertz CT molecular complexity index is 372. The minimum atomic E-state index is -0.356. The van der Waals surface area contributed by atoms with Crippen molar-refractivity contribution in [3.63, 3.8) is 0 Å². The van der Waals surface area contributed by atoms with Gasteiger partial charge in [-0.3, -0.25) is 0 Å². The van der Waals surface area contributed by atoms with E-state index >= 15 is 0 Å². The van der Waals surface area contributed by atoms with Gasteiger partial charge in [-0.05, 0) is 32.0 Å². The number of hydrogen-bond donors (Lipinski definition) is 2. The fourth-order valence-corrected chi connectivity index (χ4v) is 2.63. The number of benzene rings is 1. The number of hydrogen-bond acceptors (Lipinski definition) is 4. The molecule has 0 aliphatic heterocycles. The van der Waals surface area contributed by atoms with Crippen molar-refractivity contribution >= 4 is 0 Å². The monoisotopic (exact) mass is 294 g/mol. The lowest BCUT2D eigenvalue weighted by atomic mass is 9.87. The summed E-state index contributed by atoms with van der Waals surface area (Å²) in [7, 11) is 3.85. The molecule has 21 heavy (non-hydrogen) atoms. The third-order valence-electron chi connectivity index (χ3n) is 3.92. The molecule has 1 unspecified atom stereocenters. The van der Waals surface area contributed by atoms with Gasteiger partial charge in [0.05, 0.1) is 12.1 Å². The van der Waals surface area contributed by atoms with Gasteiger partial charge in [-0.2, -0.15) is 0 Å². The molecule has 4 heteroatoms. The first kappa shape index (κ1) is 18.1. The van der Waals surface area contributed by atoms with Crippen molar-refractivity contribution in [3.05, 3.63) is 35.9 Å².